The first kappa shape index (κ1) is 17.2. The van der Waals surface area contributed by atoms with Gasteiger partial charge in [0.15, 0.2) is 11.5 Å². The third-order valence-electron chi connectivity index (χ3n) is 3.88. The predicted molar refractivity (Wildman–Crippen MR) is 93.7 cm³/mol. The van der Waals surface area contributed by atoms with E-state index in [-0.39, 0.29) is 11.1 Å². The number of rotatable bonds is 5. The van der Waals surface area contributed by atoms with Gasteiger partial charge < -0.3 is 14.2 Å². The highest BCUT2D eigenvalue weighted by atomic mass is 16.6. The Hall–Kier alpha value is -3.62. The second-order valence-corrected chi connectivity index (χ2v) is 5.26. The fourth-order valence-electron chi connectivity index (χ4n) is 2.61. The molecular formula is C17H15N3O6. The van der Waals surface area contributed by atoms with Gasteiger partial charge in [-0.05, 0) is 6.07 Å². The molecule has 0 unspecified atom stereocenters. The number of fused-ring (bicyclic) bond motifs is 1. The fraction of sp³-hybridized carbons (Fsp3) is 0.176. The normalized spacial score (nSPS) is 10.6. The van der Waals surface area contributed by atoms with Crippen molar-refractivity contribution < 1.29 is 19.1 Å². The van der Waals surface area contributed by atoms with Crippen molar-refractivity contribution >= 4 is 16.6 Å². The second kappa shape index (κ2) is 6.71. The molecule has 0 saturated heterocycles. The van der Waals surface area contributed by atoms with Gasteiger partial charge in [-0.1, -0.05) is 0 Å². The van der Waals surface area contributed by atoms with Gasteiger partial charge >= 0.3 is 0 Å². The predicted octanol–water partition coefficient (Wildman–Crippen LogP) is 2.32. The topological polar surface area (TPSA) is 106 Å². The standard InChI is InChI=1S/C17H15N3O6/c1-24-14-7-11(8-15(25-2)16(14)26-3)19-9-18-13-5-4-10(20(22)23)6-12(13)17(19)21/h4-9H,1-3H3. The molecule has 0 N–H and O–H groups in total. The summed E-state index contributed by atoms with van der Waals surface area (Å²) >= 11 is 0. The quantitative estimate of drug-likeness (QED) is 0.509. The van der Waals surface area contributed by atoms with Gasteiger partial charge in [0.25, 0.3) is 11.2 Å². The van der Waals surface area contributed by atoms with E-state index >= 15 is 0 Å². The van der Waals surface area contributed by atoms with Gasteiger partial charge in [-0.15, -0.1) is 0 Å². The van der Waals surface area contributed by atoms with Crippen molar-refractivity contribution in [3.05, 3.63) is 57.1 Å². The summed E-state index contributed by atoms with van der Waals surface area (Å²) in [6.45, 7) is 0. The lowest BCUT2D eigenvalue weighted by atomic mass is 10.2. The highest BCUT2D eigenvalue weighted by Crippen LogP contribution is 2.39. The van der Waals surface area contributed by atoms with Crippen LogP contribution in [0.4, 0.5) is 5.69 Å². The summed E-state index contributed by atoms with van der Waals surface area (Å²) in [7, 11) is 4.40. The molecule has 0 bridgehead atoms. The first-order valence-corrected chi connectivity index (χ1v) is 7.46. The van der Waals surface area contributed by atoms with E-state index in [1.54, 1.807) is 12.1 Å². The van der Waals surface area contributed by atoms with Crippen LogP contribution in [-0.2, 0) is 0 Å². The van der Waals surface area contributed by atoms with Crippen molar-refractivity contribution in [1.82, 2.24) is 9.55 Å². The summed E-state index contributed by atoms with van der Waals surface area (Å²) in [6.07, 6.45) is 1.34. The summed E-state index contributed by atoms with van der Waals surface area (Å²) in [4.78, 5) is 27.5. The lowest BCUT2D eigenvalue weighted by molar-refractivity contribution is -0.384. The van der Waals surface area contributed by atoms with Gasteiger partial charge in [0.05, 0.1) is 42.8 Å². The lowest BCUT2D eigenvalue weighted by Gasteiger charge is -2.15. The van der Waals surface area contributed by atoms with Gasteiger partial charge in [-0.25, -0.2) is 4.98 Å². The monoisotopic (exact) mass is 357 g/mol. The molecule has 0 fully saturated rings. The highest BCUT2D eigenvalue weighted by molar-refractivity contribution is 5.80. The van der Waals surface area contributed by atoms with Crippen LogP contribution in [0.2, 0.25) is 0 Å². The molecule has 3 aromatic rings. The Morgan fingerprint density at radius 3 is 2.23 bits per heavy atom. The molecule has 0 radical (unpaired) electrons. The van der Waals surface area contributed by atoms with Crippen molar-refractivity contribution in [3.63, 3.8) is 0 Å². The van der Waals surface area contributed by atoms with Crippen LogP contribution >= 0.6 is 0 Å². The first-order chi connectivity index (χ1) is 12.5. The van der Waals surface area contributed by atoms with Crippen LogP contribution in [0.3, 0.4) is 0 Å². The molecule has 2 aromatic carbocycles. The number of nitro groups is 1. The number of methoxy groups -OCH3 is 3. The number of nitro benzene ring substituents is 1. The largest absolute Gasteiger partial charge is 0.493 e. The van der Waals surface area contributed by atoms with Gasteiger partial charge in [-0.2, -0.15) is 0 Å². The van der Waals surface area contributed by atoms with Crippen LogP contribution < -0.4 is 19.8 Å². The Morgan fingerprint density at radius 2 is 1.69 bits per heavy atom. The van der Waals surface area contributed by atoms with Crippen molar-refractivity contribution in [3.8, 4) is 22.9 Å². The molecule has 0 aliphatic heterocycles. The van der Waals surface area contributed by atoms with Crippen molar-refractivity contribution in [2.75, 3.05) is 21.3 Å². The molecule has 0 aliphatic carbocycles. The molecule has 0 spiro atoms. The first-order valence-electron chi connectivity index (χ1n) is 7.46. The molecule has 0 atom stereocenters. The molecule has 9 heteroatoms. The van der Waals surface area contributed by atoms with E-state index in [2.05, 4.69) is 4.98 Å². The van der Waals surface area contributed by atoms with Crippen LogP contribution in [0.1, 0.15) is 0 Å². The molecule has 1 aromatic heterocycles. The average molecular weight is 357 g/mol. The number of non-ortho nitro benzene ring substituents is 1. The van der Waals surface area contributed by atoms with E-state index in [1.807, 2.05) is 0 Å². The van der Waals surface area contributed by atoms with E-state index in [0.717, 1.165) is 0 Å². The van der Waals surface area contributed by atoms with Crippen molar-refractivity contribution in [2.45, 2.75) is 0 Å². The summed E-state index contributed by atoms with van der Waals surface area (Å²) in [6, 6.07) is 7.13. The van der Waals surface area contributed by atoms with E-state index < -0.39 is 10.5 Å². The highest BCUT2D eigenvalue weighted by Gasteiger charge is 2.16. The van der Waals surface area contributed by atoms with Gasteiger partial charge in [-0.3, -0.25) is 19.5 Å². The van der Waals surface area contributed by atoms with Crippen LogP contribution in [0, 0.1) is 10.1 Å². The minimum absolute atomic E-state index is 0.135. The number of benzene rings is 2. The van der Waals surface area contributed by atoms with Crippen molar-refractivity contribution in [1.29, 1.82) is 0 Å². The van der Waals surface area contributed by atoms with Crippen LogP contribution in [-0.4, -0.2) is 35.8 Å². The number of ether oxygens (including phenoxy) is 3. The molecule has 0 saturated carbocycles. The second-order valence-electron chi connectivity index (χ2n) is 5.26. The van der Waals surface area contributed by atoms with Crippen LogP contribution in [0.15, 0.2) is 41.5 Å². The maximum Gasteiger partial charge on any atom is 0.270 e. The lowest BCUT2D eigenvalue weighted by Crippen LogP contribution is -2.19. The van der Waals surface area contributed by atoms with Gasteiger partial charge in [0.1, 0.15) is 6.33 Å². The SMILES string of the molecule is COc1cc(-n2cnc3ccc([N+](=O)[O-])cc3c2=O)cc(OC)c1OC. The zero-order valence-corrected chi connectivity index (χ0v) is 14.3. The minimum Gasteiger partial charge on any atom is -0.493 e. The zero-order valence-electron chi connectivity index (χ0n) is 14.3. The third kappa shape index (κ3) is 2.79. The van der Waals surface area contributed by atoms with Crippen LogP contribution in [0.25, 0.3) is 16.6 Å². The Kier molecular flexibility index (Phi) is 4.44. The molecule has 1 heterocycles. The average Bonchev–Trinajstić information content (AvgIpc) is 2.66. The number of nitrogens with zero attached hydrogens (tertiary/aromatic N) is 3. The molecule has 0 aliphatic rings. The smallest absolute Gasteiger partial charge is 0.270 e. The zero-order chi connectivity index (χ0) is 18.8. The van der Waals surface area contributed by atoms with Crippen LogP contribution in [0.5, 0.6) is 17.2 Å². The number of aromatic nitrogens is 2. The Bertz CT molecular complexity index is 1040. The van der Waals surface area contributed by atoms with Gasteiger partial charge in [0.2, 0.25) is 5.75 Å². The fourth-order valence-corrected chi connectivity index (χ4v) is 2.61. The maximum absolute atomic E-state index is 12.8. The molecule has 26 heavy (non-hydrogen) atoms. The Morgan fingerprint density at radius 1 is 1.04 bits per heavy atom. The summed E-state index contributed by atoms with van der Waals surface area (Å²) in [5, 5.41) is 11.1. The van der Waals surface area contributed by atoms with Crippen molar-refractivity contribution in [2.24, 2.45) is 0 Å². The maximum atomic E-state index is 12.8. The molecular weight excluding hydrogens is 342 g/mol. The molecule has 3 rings (SSSR count). The summed E-state index contributed by atoms with van der Waals surface area (Å²) in [5.41, 5.74) is 0.154. The van der Waals surface area contributed by atoms with E-state index in [9.17, 15) is 14.9 Å². The summed E-state index contributed by atoms with van der Waals surface area (Å²) < 4.78 is 17.1. The van der Waals surface area contributed by atoms with E-state index in [4.69, 9.17) is 14.2 Å². The molecule has 0 amide bonds. The number of hydrogen-bond acceptors (Lipinski definition) is 7. The van der Waals surface area contributed by atoms with Gasteiger partial charge in [0, 0.05) is 24.3 Å². The van der Waals surface area contributed by atoms with E-state index in [0.29, 0.717) is 28.5 Å². The van der Waals surface area contributed by atoms with E-state index in [1.165, 1.54) is 50.4 Å². The Balaban J connectivity index is 2.27. The Labute approximate surface area is 147 Å². The number of hydrogen-bond donors (Lipinski definition) is 0. The summed E-state index contributed by atoms with van der Waals surface area (Å²) in [5.74, 6) is 1.12. The minimum atomic E-state index is -0.560. The third-order valence-corrected chi connectivity index (χ3v) is 3.88. The molecule has 9 nitrogen and oxygen atoms in total. The molecule has 134 valence electrons.